The maximum atomic E-state index is 13.8. The van der Waals surface area contributed by atoms with Gasteiger partial charge < -0.3 is 0 Å². The van der Waals surface area contributed by atoms with Crippen molar-refractivity contribution < 1.29 is 8.78 Å². The first-order valence-electron chi connectivity index (χ1n) is 5.87. The fraction of sp³-hybridized carbons (Fsp3) is 0.143. The summed E-state index contributed by atoms with van der Waals surface area (Å²) in [4.78, 5) is 0. The lowest BCUT2D eigenvalue weighted by molar-refractivity contribution is 0.499. The molecule has 1 unspecified atom stereocenters. The van der Waals surface area contributed by atoms with Gasteiger partial charge in [0.25, 0.3) is 0 Å². The molecule has 2 nitrogen and oxygen atoms in total. The number of nitrogens with two attached hydrogens (primary N) is 1. The zero-order chi connectivity index (χ0) is 14.7. The number of nitrogens with one attached hydrogen (secondary N) is 1. The number of hydrogen-bond donors (Lipinski definition) is 2. The van der Waals surface area contributed by atoms with Crippen LogP contribution in [0.25, 0.3) is 0 Å². The molecule has 0 saturated heterocycles. The van der Waals surface area contributed by atoms with E-state index >= 15 is 0 Å². The summed E-state index contributed by atoms with van der Waals surface area (Å²) in [5.74, 6) is 4.52. The molecule has 0 amide bonds. The minimum absolute atomic E-state index is 0.110. The Kier molecular flexibility index (Phi) is 4.94. The molecule has 2 aromatic carbocycles. The molecular formula is C14H12Cl2F2N2. The van der Waals surface area contributed by atoms with Crippen molar-refractivity contribution in [1.82, 2.24) is 5.43 Å². The van der Waals surface area contributed by atoms with Gasteiger partial charge in [-0.3, -0.25) is 11.3 Å². The highest BCUT2D eigenvalue weighted by molar-refractivity contribution is 6.31. The molecule has 0 spiro atoms. The van der Waals surface area contributed by atoms with Crippen molar-refractivity contribution in [3.63, 3.8) is 0 Å². The maximum Gasteiger partial charge on any atom is 0.128 e. The highest BCUT2D eigenvalue weighted by atomic mass is 35.5. The van der Waals surface area contributed by atoms with Crippen LogP contribution in [0.2, 0.25) is 10.0 Å². The van der Waals surface area contributed by atoms with Crippen LogP contribution in [0, 0.1) is 11.6 Å². The van der Waals surface area contributed by atoms with Crippen molar-refractivity contribution in [1.29, 1.82) is 0 Å². The van der Waals surface area contributed by atoms with E-state index in [2.05, 4.69) is 5.43 Å². The molecule has 0 radical (unpaired) electrons. The van der Waals surface area contributed by atoms with Crippen LogP contribution in [0.5, 0.6) is 0 Å². The molecule has 2 rings (SSSR count). The monoisotopic (exact) mass is 316 g/mol. The minimum Gasteiger partial charge on any atom is -0.271 e. The second-order valence-corrected chi connectivity index (χ2v) is 5.13. The molecule has 20 heavy (non-hydrogen) atoms. The first-order valence-corrected chi connectivity index (χ1v) is 6.62. The van der Waals surface area contributed by atoms with Gasteiger partial charge in [0.2, 0.25) is 0 Å². The molecule has 0 heterocycles. The summed E-state index contributed by atoms with van der Waals surface area (Å²) in [6.07, 6.45) is 0.110. The second kappa shape index (κ2) is 6.50. The van der Waals surface area contributed by atoms with Crippen molar-refractivity contribution in [3.05, 3.63) is 69.2 Å². The van der Waals surface area contributed by atoms with Gasteiger partial charge in [0, 0.05) is 21.2 Å². The quantitative estimate of drug-likeness (QED) is 0.660. The van der Waals surface area contributed by atoms with Crippen LogP contribution in [0.4, 0.5) is 8.78 Å². The van der Waals surface area contributed by atoms with Crippen molar-refractivity contribution in [2.45, 2.75) is 12.5 Å². The van der Waals surface area contributed by atoms with Crippen LogP contribution in [0.1, 0.15) is 17.2 Å². The van der Waals surface area contributed by atoms with Gasteiger partial charge >= 0.3 is 0 Å². The van der Waals surface area contributed by atoms with Gasteiger partial charge in [0.15, 0.2) is 0 Å². The van der Waals surface area contributed by atoms with Crippen LogP contribution in [0.3, 0.4) is 0 Å². The Morgan fingerprint density at radius 2 is 1.85 bits per heavy atom. The lowest BCUT2D eigenvalue weighted by atomic mass is 9.98. The van der Waals surface area contributed by atoms with Gasteiger partial charge in [-0.15, -0.1) is 0 Å². The molecule has 0 bridgehead atoms. The van der Waals surface area contributed by atoms with Gasteiger partial charge in [0.1, 0.15) is 11.6 Å². The topological polar surface area (TPSA) is 38.0 Å². The summed E-state index contributed by atoms with van der Waals surface area (Å²) in [6.45, 7) is 0. The Bertz CT molecular complexity index is 600. The summed E-state index contributed by atoms with van der Waals surface area (Å²) < 4.78 is 27.6. The zero-order valence-corrected chi connectivity index (χ0v) is 11.8. The smallest absolute Gasteiger partial charge is 0.128 e. The third-order valence-corrected chi connectivity index (χ3v) is 3.59. The summed E-state index contributed by atoms with van der Waals surface area (Å²) in [5, 5.41) is 0.647. The molecule has 0 fully saturated rings. The zero-order valence-electron chi connectivity index (χ0n) is 10.3. The normalized spacial score (nSPS) is 12.4. The van der Waals surface area contributed by atoms with Crippen LogP contribution in [-0.2, 0) is 6.42 Å². The van der Waals surface area contributed by atoms with Gasteiger partial charge in [-0.1, -0.05) is 29.3 Å². The van der Waals surface area contributed by atoms with Crippen molar-refractivity contribution >= 4 is 23.2 Å². The molecule has 1 atom stereocenters. The average molecular weight is 317 g/mol. The van der Waals surface area contributed by atoms with E-state index in [1.807, 2.05) is 0 Å². The number of hydrazine groups is 1. The molecule has 0 saturated carbocycles. The first kappa shape index (κ1) is 15.2. The number of halogens is 4. The third-order valence-electron chi connectivity index (χ3n) is 3.00. The van der Waals surface area contributed by atoms with Crippen molar-refractivity contribution in [2.24, 2.45) is 5.84 Å². The Hall–Kier alpha value is -1.20. The number of benzene rings is 2. The molecule has 106 valence electrons. The maximum absolute atomic E-state index is 13.8. The van der Waals surface area contributed by atoms with Crippen LogP contribution < -0.4 is 11.3 Å². The summed E-state index contributed by atoms with van der Waals surface area (Å²) >= 11 is 11.8. The third kappa shape index (κ3) is 3.27. The SMILES string of the molecule is NNC(Cc1c(F)cccc1Cl)c1cc(Cl)ccc1F. The number of rotatable bonds is 4. The molecule has 3 N–H and O–H groups in total. The van der Waals surface area contributed by atoms with Crippen molar-refractivity contribution in [3.8, 4) is 0 Å². The molecular weight excluding hydrogens is 305 g/mol. The summed E-state index contributed by atoms with van der Waals surface area (Å²) in [5.41, 5.74) is 3.00. The van der Waals surface area contributed by atoms with E-state index < -0.39 is 17.7 Å². The summed E-state index contributed by atoms with van der Waals surface area (Å²) in [6, 6.07) is 7.87. The highest BCUT2D eigenvalue weighted by Gasteiger charge is 2.19. The van der Waals surface area contributed by atoms with E-state index in [4.69, 9.17) is 29.0 Å². The van der Waals surface area contributed by atoms with Crippen molar-refractivity contribution in [2.75, 3.05) is 0 Å². The summed E-state index contributed by atoms with van der Waals surface area (Å²) in [7, 11) is 0. The molecule has 0 aliphatic rings. The standard InChI is InChI=1S/C14H12Cl2F2N2/c15-8-4-5-13(18)10(6-8)14(20-19)7-9-11(16)2-1-3-12(9)17/h1-6,14,20H,7,19H2. The van der Waals surface area contributed by atoms with E-state index in [1.54, 1.807) is 6.07 Å². The fourth-order valence-electron chi connectivity index (χ4n) is 1.97. The Balaban J connectivity index is 2.36. The van der Waals surface area contributed by atoms with Gasteiger partial charge in [-0.05, 0) is 36.8 Å². The molecule has 0 aliphatic carbocycles. The molecule has 0 aliphatic heterocycles. The average Bonchev–Trinajstić information content (AvgIpc) is 2.42. The van der Waals surface area contributed by atoms with Crippen LogP contribution >= 0.6 is 23.2 Å². The van der Waals surface area contributed by atoms with E-state index in [-0.39, 0.29) is 22.6 Å². The predicted molar refractivity (Wildman–Crippen MR) is 76.6 cm³/mol. The first-order chi connectivity index (χ1) is 9.52. The van der Waals surface area contributed by atoms with Crippen LogP contribution in [-0.4, -0.2) is 0 Å². The molecule has 6 heteroatoms. The van der Waals surface area contributed by atoms with Gasteiger partial charge in [0.05, 0.1) is 6.04 Å². The van der Waals surface area contributed by atoms with E-state index in [1.165, 1.54) is 30.3 Å². The lowest BCUT2D eigenvalue weighted by Crippen LogP contribution is -2.30. The molecule has 2 aromatic rings. The molecule has 0 aromatic heterocycles. The number of hydrogen-bond acceptors (Lipinski definition) is 2. The predicted octanol–water partition coefficient (Wildman–Crippen LogP) is 4.02. The Morgan fingerprint density at radius 1 is 1.10 bits per heavy atom. The lowest BCUT2D eigenvalue weighted by Gasteiger charge is -2.18. The largest absolute Gasteiger partial charge is 0.271 e. The van der Waals surface area contributed by atoms with E-state index in [0.29, 0.717) is 5.02 Å². The Labute approximate surface area is 125 Å². The highest BCUT2D eigenvalue weighted by Crippen LogP contribution is 2.28. The van der Waals surface area contributed by atoms with E-state index in [9.17, 15) is 8.78 Å². The minimum atomic E-state index is -0.636. The van der Waals surface area contributed by atoms with Gasteiger partial charge in [-0.2, -0.15) is 0 Å². The van der Waals surface area contributed by atoms with Crippen LogP contribution in [0.15, 0.2) is 36.4 Å². The Morgan fingerprint density at radius 3 is 2.50 bits per heavy atom. The van der Waals surface area contributed by atoms with E-state index in [0.717, 1.165) is 0 Å². The second-order valence-electron chi connectivity index (χ2n) is 4.29. The van der Waals surface area contributed by atoms with Gasteiger partial charge in [-0.25, -0.2) is 8.78 Å². The fourth-order valence-corrected chi connectivity index (χ4v) is 2.39.